The van der Waals surface area contributed by atoms with E-state index in [4.69, 9.17) is 0 Å². The zero-order valence-electron chi connectivity index (χ0n) is 21.3. The van der Waals surface area contributed by atoms with Crippen molar-refractivity contribution in [2.24, 2.45) is 11.8 Å². The number of hydrogen-bond donors (Lipinski definition) is 2. The summed E-state index contributed by atoms with van der Waals surface area (Å²) in [5.41, 5.74) is 2.82. The summed E-state index contributed by atoms with van der Waals surface area (Å²) in [5.74, 6) is 1.59. The van der Waals surface area contributed by atoms with Crippen LogP contribution >= 0.6 is 0 Å². The van der Waals surface area contributed by atoms with Crippen LogP contribution in [0.1, 0.15) is 104 Å². The number of fused-ring (bicyclic) bond motifs is 1. The van der Waals surface area contributed by atoms with Gasteiger partial charge in [0.15, 0.2) is 11.6 Å². The molecule has 34 heavy (non-hydrogen) atoms. The molecule has 0 aromatic carbocycles. The number of carbonyl (C=O) groups excluding carboxylic acids is 2. The Labute approximate surface area is 206 Å². The Hall–Kier alpha value is -2.10. The first-order valence-corrected chi connectivity index (χ1v) is 14.1. The van der Waals surface area contributed by atoms with Crippen molar-refractivity contribution < 1.29 is 9.59 Å². The SMILES string of the molecule is CCCCC1CCC(NC2=C3C(=O)C=CC(NC4CCC(CCCC)CC4)=C3C(=O)C=C2)CC1. The maximum absolute atomic E-state index is 12.9. The number of allylic oxidation sites excluding steroid dienone is 6. The van der Waals surface area contributed by atoms with E-state index in [1.165, 1.54) is 64.2 Å². The van der Waals surface area contributed by atoms with E-state index in [-0.39, 0.29) is 11.6 Å². The van der Waals surface area contributed by atoms with Gasteiger partial charge in [0.05, 0.1) is 11.1 Å². The zero-order chi connectivity index (χ0) is 23.9. The summed E-state index contributed by atoms with van der Waals surface area (Å²) in [7, 11) is 0. The minimum atomic E-state index is -0.0549. The van der Waals surface area contributed by atoms with E-state index in [0.29, 0.717) is 23.2 Å². The van der Waals surface area contributed by atoms with Gasteiger partial charge >= 0.3 is 0 Å². The van der Waals surface area contributed by atoms with Crippen molar-refractivity contribution in [3.8, 4) is 0 Å². The molecule has 0 aliphatic heterocycles. The van der Waals surface area contributed by atoms with E-state index < -0.39 is 0 Å². The second-order valence-corrected chi connectivity index (χ2v) is 11.0. The minimum Gasteiger partial charge on any atom is -0.382 e. The molecule has 0 unspecified atom stereocenters. The van der Waals surface area contributed by atoms with Crippen LogP contribution in [-0.2, 0) is 9.59 Å². The maximum Gasteiger partial charge on any atom is 0.188 e. The first-order chi connectivity index (χ1) is 16.6. The van der Waals surface area contributed by atoms with Crippen molar-refractivity contribution in [1.29, 1.82) is 0 Å². The van der Waals surface area contributed by atoms with Gasteiger partial charge in [0.25, 0.3) is 0 Å². The Morgan fingerprint density at radius 1 is 0.618 bits per heavy atom. The molecule has 2 fully saturated rings. The van der Waals surface area contributed by atoms with Crippen molar-refractivity contribution >= 4 is 11.6 Å². The number of hydrogen-bond acceptors (Lipinski definition) is 4. The van der Waals surface area contributed by atoms with Gasteiger partial charge < -0.3 is 10.6 Å². The lowest BCUT2D eigenvalue weighted by Crippen LogP contribution is -2.37. The largest absolute Gasteiger partial charge is 0.382 e. The number of unbranched alkanes of at least 4 members (excludes halogenated alkanes) is 2. The molecule has 4 nitrogen and oxygen atoms in total. The molecule has 4 aliphatic rings. The van der Waals surface area contributed by atoms with Crippen LogP contribution in [-0.4, -0.2) is 23.7 Å². The third kappa shape index (κ3) is 6.12. The van der Waals surface area contributed by atoms with Crippen molar-refractivity contribution in [3.63, 3.8) is 0 Å². The van der Waals surface area contributed by atoms with Gasteiger partial charge in [0, 0.05) is 23.5 Å². The molecule has 186 valence electrons. The molecule has 4 aliphatic carbocycles. The summed E-state index contributed by atoms with van der Waals surface area (Å²) < 4.78 is 0. The van der Waals surface area contributed by atoms with Gasteiger partial charge in [0.2, 0.25) is 0 Å². The van der Waals surface area contributed by atoms with Crippen LogP contribution in [0.2, 0.25) is 0 Å². The molecule has 0 radical (unpaired) electrons. The van der Waals surface area contributed by atoms with Crippen molar-refractivity contribution in [2.45, 2.75) is 116 Å². The summed E-state index contributed by atoms with van der Waals surface area (Å²) in [6.07, 6.45) is 24.4. The summed E-state index contributed by atoms with van der Waals surface area (Å²) >= 11 is 0. The predicted octanol–water partition coefficient (Wildman–Crippen LogP) is 6.45. The maximum atomic E-state index is 12.9. The lowest BCUT2D eigenvalue weighted by atomic mass is 9.81. The smallest absolute Gasteiger partial charge is 0.188 e. The molecule has 0 aromatic rings. The molecule has 0 atom stereocenters. The number of rotatable bonds is 10. The van der Waals surface area contributed by atoms with Gasteiger partial charge in [-0.05, 0) is 87.5 Å². The average Bonchev–Trinajstić information content (AvgIpc) is 2.86. The van der Waals surface area contributed by atoms with E-state index in [2.05, 4.69) is 24.5 Å². The fourth-order valence-electron chi connectivity index (χ4n) is 6.29. The van der Waals surface area contributed by atoms with E-state index in [9.17, 15) is 9.59 Å². The highest BCUT2D eigenvalue weighted by Gasteiger charge is 2.32. The van der Waals surface area contributed by atoms with Crippen LogP contribution in [0.15, 0.2) is 46.8 Å². The third-order valence-electron chi connectivity index (χ3n) is 8.43. The van der Waals surface area contributed by atoms with E-state index in [0.717, 1.165) is 48.9 Å². The molecule has 2 saturated carbocycles. The van der Waals surface area contributed by atoms with Gasteiger partial charge in [-0.15, -0.1) is 0 Å². The highest BCUT2D eigenvalue weighted by Crippen LogP contribution is 2.34. The van der Waals surface area contributed by atoms with E-state index in [1.54, 1.807) is 12.2 Å². The van der Waals surface area contributed by atoms with Crippen LogP contribution in [0.4, 0.5) is 0 Å². The van der Waals surface area contributed by atoms with E-state index >= 15 is 0 Å². The average molecular weight is 465 g/mol. The van der Waals surface area contributed by atoms with Crippen molar-refractivity contribution in [3.05, 3.63) is 46.8 Å². The summed E-state index contributed by atoms with van der Waals surface area (Å²) in [5, 5.41) is 7.32. The predicted molar refractivity (Wildman–Crippen MR) is 139 cm³/mol. The molecule has 0 spiro atoms. The highest BCUT2D eigenvalue weighted by atomic mass is 16.1. The third-order valence-corrected chi connectivity index (χ3v) is 8.43. The highest BCUT2D eigenvalue weighted by molar-refractivity contribution is 6.23. The van der Waals surface area contributed by atoms with Gasteiger partial charge in [-0.25, -0.2) is 0 Å². The molecule has 4 heteroatoms. The van der Waals surface area contributed by atoms with Crippen molar-refractivity contribution in [1.82, 2.24) is 10.6 Å². The summed E-state index contributed by atoms with van der Waals surface area (Å²) in [6.45, 7) is 4.53. The first-order valence-electron chi connectivity index (χ1n) is 14.1. The summed E-state index contributed by atoms with van der Waals surface area (Å²) in [4.78, 5) is 25.9. The first kappa shape index (κ1) is 25.0. The molecule has 0 saturated heterocycles. The zero-order valence-corrected chi connectivity index (χ0v) is 21.3. The van der Waals surface area contributed by atoms with Gasteiger partial charge in [-0.2, -0.15) is 0 Å². The fourth-order valence-corrected chi connectivity index (χ4v) is 6.29. The normalized spacial score (nSPS) is 29.5. The Balaban J connectivity index is 1.43. The molecular weight excluding hydrogens is 420 g/mol. The quantitative estimate of drug-likeness (QED) is 0.390. The second kappa shape index (κ2) is 12.0. The standard InChI is InChI=1S/C30H44N2O2/c1-3-5-7-21-9-13-23(14-10-21)31-25-17-19-28(34)30-26(18-20-27(33)29(25)30)32-24-15-11-22(12-16-24)8-6-4-2/h17-24,31-32H,3-16H2,1-2H3. The fraction of sp³-hybridized carbons (Fsp3) is 0.667. The van der Waals surface area contributed by atoms with Gasteiger partial charge in [-0.1, -0.05) is 52.4 Å². The Kier molecular flexibility index (Phi) is 8.86. The van der Waals surface area contributed by atoms with E-state index in [1.807, 2.05) is 12.2 Å². The van der Waals surface area contributed by atoms with Crippen molar-refractivity contribution in [2.75, 3.05) is 0 Å². The summed E-state index contributed by atoms with van der Waals surface area (Å²) in [6, 6.07) is 0.765. The van der Waals surface area contributed by atoms with Crippen LogP contribution in [0, 0.1) is 11.8 Å². The lowest BCUT2D eigenvalue weighted by Gasteiger charge is -2.33. The minimum absolute atomic E-state index is 0.0549. The number of carbonyl (C=O) groups is 2. The topological polar surface area (TPSA) is 58.2 Å². The Morgan fingerprint density at radius 3 is 1.35 bits per heavy atom. The molecule has 2 N–H and O–H groups in total. The molecule has 0 heterocycles. The number of nitrogens with one attached hydrogen (secondary N) is 2. The van der Waals surface area contributed by atoms with Crippen LogP contribution < -0.4 is 10.6 Å². The Bertz CT molecular complexity index is 790. The molecule has 4 rings (SSSR count). The molecule has 0 bridgehead atoms. The Morgan fingerprint density at radius 2 is 1.00 bits per heavy atom. The molecular formula is C30H44N2O2. The van der Waals surface area contributed by atoms with Gasteiger partial charge in [-0.3, -0.25) is 9.59 Å². The second-order valence-electron chi connectivity index (χ2n) is 11.0. The van der Waals surface area contributed by atoms with Gasteiger partial charge in [0.1, 0.15) is 0 Å². The van der Waals surface area contributed by atoms with Crippen LogP contribution in [0.25, 0.3) is 0 Å². The molecule has 0 aromatic heterocycles. The van der Waals surface area contributed by atoms with Crippen LogP contribution in [0.3, 0.4) is 0 Å². The van der Waals surface area contributed by atoms with Crippen LogP contribution in [0.5, 0.6) is 0 Å². The number of ketones is 2. The lowest BCUT2D eigenvalue weighted by molar-refractivity contribution is -0.114. The monoisotopic (exact) mass is 464 g/mol. The molecule has 0 amide bonds.